The first-order valence-corrected chi connectivity index (χ1v) is 9.29. The number of aromatic nitrogens is 2. The lowest BCUT2D eigenvalue weighted by molar-refractivity contribution is -0.201. The van der Waals surface area contributed by atoms with E-state index >= 15 is 0 Å². The summed E-state index contributed by atoms with van der Waals surface area (Å²) in [6.07, 6.45) is -10.6. The number of nitrogens with zero attached hydrogens (tertiary/aromatic N) is 2. The lowest BCUT2D eigenvalue weighted by atomic mass is 10.1. The minimum absolute atomic E-state index is 0.0683. The molecule has 3 rings (SSSR count). The van der Waals surface area contributed by atoms with Crippen LogP contribution >= 0.6 is 0 Å². The molecular formula is C21H15F6N3O3. The smallest absolute Gasteiger partial charge is 0.382 e. The van der Waals surface area contributed by atoms with E-state index in [2.05, 4.69) is 5.10 Å². The van der Waals surface area contributed by atoms with Gasteiger partial charge in [-0.05, 0) is 24.3 Å². The second kappa shape index (κ2) is 9.45. The average Bonchev–Trinajstić information content (AvgIpc) is 2.76. The van der Waals surface area contributed by atoms with Crippen LogP contribution in [0.3, 0.4) is 0 Å². The molecule has 0 aliphatic rings. The Kier molecular flexibility index (Phi) is 6.86. The molecule has 1 amide bonds. The van der Waals surface area contributed by atoms with Crippen LogP contribution < -0.4 is 10.9 Å². The maximum Gasteiger partial charge on any atom is 0.416 e. The van der Waals surface area contributed by atoms with E-state index in [1.165, 1.54) is 24.3 Å². The van der Waals surface area contributed by atoms with Gasteiger partial charge in [-0.2, -0.15) is 23.0 Å². The van der Waals surface area contributed by atoms with Gasteiger partial charge in [-0.3, -0.25) is 9.59 Å². The van der Waals surface area contributed by atoms with Gasteiger partial charge in [0.1, 0.15) is 11.4 Å². The van der Waals surface area contributed by atoms with Gasteiger partial charge >= 0.3 is 6.18 Å². The SMILES string of the molecule is O=C(NC[C@H](O)C(F)(F)F)c1cc(-c2ccc(C(F)F)cc2)nn(-c2cccc(F)c2)c1=O. The molecule has 6 nitrogen and oxygen atoms in total. The molecule has 3 aromatic rings. The number of amides is 1. The summed E-state index contributed by atoms with van der Waals surface area (Å²) < 4.78 is 77.5. The number of aliphatic hydroxyl groups excluding tert-OH is 1. The van der Waals surface area contributed by atoms with Crippen LogP contribution in [0.25, 0.3) is 16.9 Å². The third kappa shape index (κ3) is 5.58. The van der Waals surface area contributed by atoms with E-state index in [1.54, 1.807) is 0 Å². The standard InChI is InChI=1S/C21H15F6N3O3/c22-13-2-1-3-14(8-13)30-20(33)15(19(32)28-10-17(31)21(25,26)27)9-16(29-30)11-4-6-12(7-5-11)18(23)24/h1-9,17-18,31H,10H2,(H,28,32)/t17-/m0/s1. The highest BCUT2D eigenvalue weighted by molar-refractivity contribution is 5.94. The highest BCUT2D eigenvalue weighted by atomic mass is 19.4. The fraction of sp³-hybridized carbons (Fsp3) is 0.190. The highest BCUT2D eigenvalue weighted by Crippen LogP contribution is 2.24. The molecule has 0 fully saturated rings. The first-order valence-electron chi connectivity index (χ1n) is 9.29. The number of hydrogen-bond acceptors (Lipinski definition) is 4. The lowest BCUT2D eigenvalue weighted by Crippen LogP contribution is -2.42. The van der Waals surface area contributed by atoms with Crippen molar-refractivity contribution in [1.29, 1.82) is 0 Å². The molecule has 174 valence electrons. The van der Waals surface area contributed by atoms with Crippen LogP contribution in [0.15, 0.2) is 59.4 Å². The molecule has 0 radical (unpaired) electrons. The zero-order chi connectivity index (χ0) is 24.3. The number of hydrogen-bond donors (Lipinski definition) is 2. The van der Waals surface area contributed by atoms with Crippen molar-refractivity contribution in [2.45, 2.75) is 18.7 Å². The van der Waals surface area contributed by atoms with E-state index in [0.717, 1.165) is 30.3 Å². The van der Waals surface area contributed by atoms with Gasteiger partial charge in [0.25, 0.3) is 17.9 Å². The Labute approximate surface area is 182 Å². The maximum atomic E-state index is 13.7. The Morgan fingerprint density at radius 2 is 1.76 bits per heavy atom. The van der Waals surface area contributed by atoms with Crippen molar-refractivity contribution in [3.05, 3.63) is 81.9 Å². The molecule has 0 saturated carbocycles. The van der Waals surface area contributed by atoms with Crippen LogP contribution in [0.5, 0.6) is 0 Å². The Morgan fingerprint density at radius 1 is 1.09 bits per heavy atom. The monoisotopic (exact) mass is 471 g/mol. The fourth-order valence-electron chi connectivity index (χ4n) is 2.78. The van der Waals surface area contributed by atoms with Crippen molar-refractivity contribution in [2.75, 3.05) is 6.54 Å². The van der Waals surface area contributed by atoms with E-state index in [1.807, 2.05) is 5.32 Å². The molecule has 1 heterocycles. The van der Waals surface area contributed by atoms with Gasteiger partial charge in [0.2, 0.25) is 0 Å². The largest absolute Gasteiger partial charge is 0.416 e. The van der Waals surface area contributed by atoms with Gasteiger partial charge in [0, 0.05) is 11.1 Å². The maximum absolute atomic E-state index is 13.7. The molecule has 2 N–H and O–H groups in total. The topological polar surface area (TPSA) is 84.2 Å². The molecule has 0 unspecified atom stereocenters. The fourth-order valence-corrected chi connectivity index (χ4v) is 2.78. The van der Waals surface area contributed by atoms with E-state index in [-0.39, 0.29) is 22.5 Å². The third-order valence-corrected chi connectivity index (χ3v) is 4.50. The number of aliphatic hydroxyl groups is 1. The molecule has 2 aromatic carbocycles. The van der Waals surface area contributed by atoms with Crippen molar-refractivity contribution in [3.63, 3.8) is 0 Å². The molecule has 0 saturated heterocycles. The van der Waals surface area contributed by atoms with E-state index in [4.69, 9.17) is 5.11 Å². The van der Waals surface area contributed by atoms with Crippen molar-refractivity contribution in [1.82, 2.24) is 15.1 Å². The molecule has 0 bridgehead atoms. The van der Waals surface area contributed by atoms with Crippen molar-refractivity contribution < 1.29 is 36.2 Å². The number of rotatable bonds is 6. The molecule has 12 heteroatoms. The van der Waals surface area contributed by atoms with E-state index in [0.29, 0.717) is 4.68 Å². The summed E-state index contributed by atoms with van der Waals surface area (Å²) in [5.74, 6) is -1.98. The first kappa shape index (κ1) is 24.0. The van der Waals surface area contributed by atoms with Crippen LogP contribution in [0.4, 0.5) is 26.3 Å². The summed E-state index contributed by atoms with van der Waals surface area (Å²) in [4.78, 5) is 25.3. The van der Waals surface area contributed by atoms with Crippen molar-refractivity contribution in [3.8, 4) is 16.9 Å². The van der Waals surface area contributed by atoms with Crippen LogP contribution in [0.1, 0.15) is 22.3 Å². The third-order valence-electron chi connectivity index (χ3n) is 4.50. The summed E-state index contributed by atoms with van der Waals surface area (Å²) >= 11 is 0. The number of carbonyl (C=O) groups excluding carboxylic acids is 1. The molecule has 1 atom stereocenters. The molecule has 0 spiro atoms. The number of carbonyl (C=O) groups is 1. The normalized spacial score (nSPS) is 12.6. The molecule has 0 aliphatic carbocycles. The Balaban J connectivity index is 2.08. The summed E-state index contributed by atoms with van der Waals surface area (Å²) in [5.41, 5.74) is -1.98. The zero-order valence-corrected chi connectivity index (χ0v) is 16.5. The van der Waals surface area contributed by atoms with Crippen molar-refractivity contribution in [2.24, 2.45) is 0 Å². The van der Waals surface area contributed by atoms with E-state index in [9.17, 15) is 35.9 Å². The Morgan fingerprint density at radius 3 is 2.33 bits per heavy atom. The molecule has 0 aliphatic heterocycles. The Hall–Kier alpha value is -3.67. The predicted molar refractivity (Wildman–Crippen MR) is 105 cm³/mol. The van der Waals surface area contributed by atoms with Crippen LogP contribution in [-0.4, -0.2) is 39.6 Å². The van der Waals surface area contributed by atoms with Crippen LogP contribution in [-0.2, 0) is 0 Å². The minimum atomic E-state index is -5.00. The summed E-state index contributed by atoms with van der Waals surface area (Å²) in [7, 11) is 0. The van der Waals surface area contributed by atoms with Gasteiger partial charge < -0.3 is 10.4 Å². The number of halogens is 6. The van der Waals surface area contributed by atoms with Crippen LogP contribution in [0, 0.1) is 5.82 Å². The number of benzene rings is 2. The number of nitrogens with one attached hydrogen (secondary N) is 1. The lowest BCUT2D eigenvalue weighted by Gasteiger charge is -2.15. The molecule has 33 heavy (non-hydrogen) atoms. The second-order valence-corrected chi connectivity index (χ2v) is 6.83. The molecular weight excluding hydrogens is 456 g/mol. The average molecular weight is 471 g/mol. The Bertz CT molecular complexity index is 1210. The minimum Gasteiger partial charge on any atom is -0.382 e. The van der Waals surface area contributed by atoms with Gasteiger partial charge in [-0.15, -0.1) is 0 Å². The highest BCUT2D eigenvalue weighted by Gasteiger charge is 2.38. The van der Waals surface area contributed by atoms with Gasteiger partial charge in [-0.1, -0.05) is 30.3 Å². The van der Waals surface area contributed by atoms with E-state index < -0.39 is 48.1 Å². The quantitative estimate of drug-likeness (QED) is 0.538. The number of alkyl halides is 5. The van der Waals surface area contributed by atoms with Crippen LogP contribution in [0.2, 0.25) is 0 Å². The first-order chi connectivity index (χ1) is 15.5. The van der Waals surface area contributed by atoms with Crippen molar-refractivity contribution >= 4 is 5.91 Å². The van der Waals surface area contributed by atoms with Gasteiger partial charge in [0.15, 0.2) is 6.10 Å². The summed E-state index contributed by atoms with van der Waals surface area (Å²) in [6, 6.07) is 10.3. The molecule has 1 aromatic heterocycles. The zero-order valence-electron chi connectivity index (χ0n) is 16.5. The van der Waals surface area contributed by atoms with Gasteiger partial charge in [0.05, 0.1) is 17.9 Å². The summed E-state index contributed by atoms with van der Waals surface area (Å²) in [5, 5.41) is 14.9. The van der Waals surface area contributed by atoms with Gasteiger partial charge in [-0.25, -0.2) is 13.2 Å². The second-order valence-electron chi connectivity index (χ2n) is 6.83. The predicted octanol–water partition coefficient (Wildman–Crippen LogP) is 3.63. The summed E-state index contributed by atoms with van der Waals surface area (Å²) in [6.45, 7) is -1.22.